The van der Waals surface area contributed by atoms with Crippen LogP contribution in [0.2, 0.25) is 0 Å². The van der Waals surface area contributed by atoms with Gasteiger partial charge in [0.1, 0.15) is 0 Å². The Hall–Kier alpha value is -2.57. The highest BCUT2D eigenvalue weighted by atomic mass is 16.5. The fourth-order valence-corrected chi connectivity index (χ4v) is 2.53. The molecule has 1 saturated carbocycles. The van der Waals surface area contributed by atoms with E-state index < -0.39 is 12.0 Å². The van der Waals surface area contributed by atoms with E-state index in [2.05, 4.69) is 16.0 Å². The molecular formula is C17H23N3O4. The van der Waals surface area contributed by atoms with E-state index in [9.17, 15) is 14.4 Å². The lowest BCUT2D eigenvalue weighted by molar-refractivity contribution is -0.148. The Morgan fingerprint density at radius 2 is 1.79 bits per heavy atom. The Bertz CT molecular complexity index is 556. The number of anilines is 1. The zero-order chi connectivity index (χ0) is 17.2. The minimum Gasteiger partial charge on any atom is -0.456 e. The van der Waals surface area contributed by atoms with Crippen molar-refractivity contribution in [3.63, 3.8) is 0 Å². The number of nitrogens with one attached hydrogen (secondary N) is 3. The number of carbonyl (C=O) groups excluding carboxylic acids is 3. The summed E-state index contributed by atoms with van der Waals surface area (Å²) in [6.45, 7) is -0.132. The number of esters is 1. The van der Waals surface area contributed by atoms with Gasteiger partial charge < -0.3 is 20.7 Å². The van der Waals surface area contributed by atoms with Gasteiger partial charge in [-0.25, -0.2) is 4.79 Å². The van der Waals surface area contributed by atoms with Crippen molar-refractivity contribution >= 4 is 23.6 Å². The fourth-order valence-electron chi connectivity index (χ4n) is 2.53. The van der Waals surface area contributed by atoms with Crippen LogP contribution in [0.25, 0.3) is 0 Å². The van der Waals surface area contributed by atoms with Crippen LogP contribution in [0.15, 0.2) is 30.3 Å². The Morgan fingerprint density at radius 3 is 2.50 bits per heavy atom. The summed E-state index contributed by atoms with van der Waals surface area (Å²) < 4.78 is 4.89. The van der Waals surface area contributed by atoms with E-state index in [-0.39, 0.29) is 31.5 Å². The maximum Gasteiger partial charge on any atom is 0.319 e. The average Bonchev–Trinajstić information content (AvgIpc) is 3.07. The van der Waals surface area contributed by atoms with Gasteiger partial charge in [0, 0.05) is 18.3 Å². The molecule has 0 radical (unpaired) electrons. The number of carbonyl (C=O) groups is 3. The third kappa shape index (κ3) is 6.68. The standard InChI is InChI=1S/C17H23N3O4/c21-15(19-13-8-4-5-9-13)12-24-16(22)10-11-18-17(23)20-14-6-2-1-3-7-14/h1-3,6-7,13H,4-5,8-12H2,(H,19,21)(H2,18,20,23). The molecule has 1 aliphatic rings. The molecule has 2 rings (SSSR count). The van der Waals surface area contributed by atoms with Gasteiger partial charge in [0.25, 0.3) is 5.91 Å². The van der Waals surface area contributed by atoms with E-state index in [1.54, 1.807) is 12.1 Å². The molecule has 0 heterocycles. The van der Waals surface area contributed by atoms with Crippen molar-refractivity contribution in [2.75, 3.05) is 18.5 Å². The summed E-state index contributed by atoms with van der Waals surface area (Å²) in [5.41, 5.74) is 0.668. The highest BCUT2D eigenvalue weighted by Crippen LogP contribution is 2.17. The third-order valence-electron chi connectivity index (χ3n) is 3.73. The molecular weight excluding hydrogens is 310 g/mol. The van der Waals surface area contributed by atoms with E-state index in [0.29, 0.717) is 5.69 Å². The van der Waals surface area contributed by atoms with Gasteiger partial charge in [-0.1, -0.05) is 31.0 Å². The predicted octanol–water partition coefficient (Wildman–Crippen LogP) is 1.80. The number of urea groups is 1. The van der Waals surface area contributed by atoms with Crippen LogP contribution in [-0.4, -0.2) is 37.1 Å². The summed E-state index contributed by atoms with van der Waals surface area (Å²) >= 11 is 0. The fraction of sp³-hybridized carbons (Fsp3) is 0.471. The van der Waals surface area contributed by atoms with Gasteiger partial charge in [-0.05, 0) is 25.0 Å². The number of benzene rings is 1. The summed E-state index contributed by atoms with van der Waals surface area (Å²) in [5, 5.41) is 8.04. The molecule has 7 nitrogen and oxygen atoms in total. The van der Waals surface area contributed by atoms with E-state index in [0.717, 1.165) is 25.7 Å². The number of hydrogen-bond donors (Lipinski definition) is 3. The molecule has 0 atom stereocenters. The second-order valence-corrected chi connectivity index (χ2v) is 5.71. The van der Waals surface area contributed by atoms with Crippen molar-refractivity contribution in [3.05, 3.63) is 30.3 Å². The van der Waals surface area contributed by atoms with Gasteiger partial charge in [-0.3, -0.25) is 9.59 Å². The molecule has 3 amide bonds. The smallest absolute Gasteiger partial charge is 0.319 e. The number of para-hydroxylation sites is 1. The molecule has 3 N–H and O–H groups in total. The number of hydrogen-bond acceptors (Lipinski definition) is 4. The molecule has 0 saturated heterocycles. The van der Waals surface area contributed by atoms with Crippen molar-refractivity contribution in [1.29, 1.82) is 0 Å². The maximum absolute atomic E-state index is 11.6. The van der Waals surface area contributed by atoms with Crippen molar-refractivity contribution in [3.8, 4) is 0 Å². The topological polar surface area (TPSA) is 96.5 Å². The first-order chi connectivity index (χ1) is 11.6. The first-order valence-electron chi connectivity index (χ1n) is 8.18. The Labute approximate surface area is 141 Å². The molecule has 0 aliphatic heterocycles. The highest BCUT2D eigenvalue weighted by molar-refractivity contribution is 5.89. The van der Waals surface area contributed by atoms with Crippen molar-refractivity contribution in [2.24, 2.45) is 0 Å². The van der Waals surface area contributed by atoms with Crippen molar-refractivity contribution in [2.45, 2.75) is 38.1 Å². The van der Waals surface area contributed by atoms with E-state index in [1.165, 1.54) is 0 Å². The average molecular weight is 333 g/mol. The largest absolute Gasteiger partial charge is 0.456 e. The monoisotopic (exact) mass is 333 g/mol. The van der Waals surface area contributed by atoms with Crippen LogP contribution in [0.5, 0.6) is 0 Å². The van der Waals surface area contributed by atoms with Gasteiger partial charge in [0.15, 0.2) is 6.61 Å². The van der Waals surface area contributed by atoms with E-state index in [1.807, 2.05) is 18.2 Å². The van der Waals surface area contributed by atoms with Crippen LogP contribution in [0, 0.1) is 0 Å². The van der Waals surface area contributed by atoms with Crippen LogP contribution in [-0.2, 0) is 14.3 Å². The van der Waals surface area contributed by atoms with Crippen molar-refractivity contribution < 1.29 is 19.1 Å². The highest BCUT2D eigenvalue weighted by Gasteiger charge is 2.17. The van der Waals surface area contributed by atoms with Crippen molar-refractivity contribution in [1.82, 2.24) is 10.6 Å². The van der Waals surface area contributed by atoms with Crippen LogP contribution in [0.1, 0.15) is 32.1 Å². The second kappa shape index (κ2) is 9.54. The van der Waals surface area contributed by atoms with Gasteiger partial charge >= 0.3 is 12.0 Å². The lowest BCUT2D eigenvalue weighted by Gasteiger charge is -2.12. The van der Waals surface area contributed by atoms with Crippen LogP contribution < -0.4 is 16.0 Å². The molecule has 24 heavy (non-hydrogen) atoms. The van der Waals surface area contributed by atoms with Crippen LogP contribution in [0.4, 0.5) is 10.5 Å². The van der Waals surface area contributed by atoms with Gasteiger partial charge in [0.05, 0.1) is 6.42 Å². The van der Waals surface area contributed by atoms with Gasteiger partial charge in [-0.2, -0.15) is 0 Å². The molecule has 1 aliphatic carbocycles. The summed E-state index contributed by atoms with van der Waals surface area (Å²) in [7, 11) is 0. The quantitative estimate of drug-likeness (QED) is 0.663. The molecule has 0 spiro atoms. The lowest BCUT2D eigenvalue weighted by atomic mass is 10.2. The molecule has 0 aromatic heterocycles. The first kappa shape index (κ1) is 17.8. The zero-order valence-corrected chi connectivity index (χ0v) is 13.5. The van der Waals surface area contributed by atoms with Crippen LogP contribution in [0.3, 0.4) is 0 Å². The van der Waals surface area contributed by atoms with Gasteiger partial charge in [-0.15, -0.1) is 0 Å². The Kier molecular flexibility index (Phi) is 7.07. The minimum absolute atomic E-state index is 0.0128. The Morgan fingerprint density at radius 1 is 1.08 bits per heavy atom. The first-order valence-corrected chi connectivity index (χ1v) is 8.18. The molecule has 7 heteroatoms. The number of amides is 3. The van der Waals surface area contributed by atoms with Crippen LogP contribution >= 0.6 is 0 Å². The molecule has 1 fully saturated rings. The number of ether oxygens (including phenoxy) is 1. The SMILES string of the molecule is O=C(COC(=O)CCNC(=O)Nc1ccccc1)NC1CCCC1. The summed E-state index contributed by atoms with van der Waals surface area (Å²) in [6.07, 6.45) is 4.24. The lowest BCUT2D eigenvalue weighted by Crippen LogP contribution is -2.36. The molecule has 1 aromatic carbocycles. The molecule has 0 bridgehead atoms. The summed E-state index contributed by atoms with van der Waals surface area (Å²) in [6, 6.07) is 8.80. The molecule has 1 aromatic rings. The maximum atomic E-state index is 11.6. The normalized spacial score (nSPS) is 14.0. The van der Waals surface area contributed by atoms with E-state index in [4.69, 9.17) is 4.74 Å². The van der Waals surface area contributed by atoms with E-state index >= 15 is 0 Å². The number of rotatable bonds is 7. The molecule has 0 unspecified atom stereocenters. The minimum atomic E-state index is -0.517. The Balaban J connectivity index is 1.54. The second-order valence-electron chi connectivity index (χ2n) is 5.71. The summed E-state index contributed by atoms with van der Waals surface area (Å²) in [5.74, 6) is -0.790. The van der Waals surface area contributed by atoms with Gasteiger partial charge in [0.2, 0.25) is 0 Å². The predicted molar refractivity (Wildman–Crippen MR) is 89.4 cm³/mol. The molecule has 130 valence electrons. The summed E-state index contributed by atoms with van der Waals surface area (Å²) in [4.78, 5) is 34.8. The third-order valence-corrected chi connectivity index (χ3v) is 3.73. The zero-order valence-electron chi connectivity index (χ0n) is 13.5.